The molecule has 29 heavy (non-hydrogen) atoms. The molecule has 152 valence electrons. The number of aromatic nitrogens is 2. The van der Waals surface area contributed by atoms with Crippen LogP contribution in [-0.2, 0) is 0 Å². The number of para-hydroxylation sites is 1. The first-order valence-electron chi connectivity index (χ1n) is 9.74. The molecule has 0 atom stereocenters. The van der Waals surface area contributed by atoms with Gasteiger partial charge >= 0.3 is 0 Å². The second kappa shape index (κ2) is 10.4. The predicted molar refractivity (Wildman–Crippen MR) is 122 cm³/mol. The van der Waals surface area contributed by atoms with Crippen LogP contribution in [0.4, 0.5) is 5.82 Å². The largest absolute Gasteiger partial charge is 0.356 e. The Labute approximate surface area is 173 Å². The summed E-state index contributed by atoms with van der Waals surface area (Å²) in [7, 11) is -1.79. The maximum atomic E-state index is 9.17. The molecule has 0 radical (unpaired) electrons. The second-order valence-corrected chi connectivity index (χ2v) is 8.28. The Balaban J connectivity index is 1.84. The first-order valence-corrected chi connectivity index (χ1v) is 11.2. The van der Waals surface area contributed by atoms with Crippen molar-refractivity contribution in [1.29, 1.82) is 0 Å². The van der Waals surface area contributed by atoms with Crippen LogP contribution in [0.1, 0.15) is 25.1 Å². The highest BCUT2D eigenvalue weighted by Gasteiger charge is 2.22. The van der Waals surface area contributed by atoms with Gasteiger partial charge in [-0.2, -0.15) is 0 Å². The average Bonchev–Trinajstić information content (AvgIpc) is 2.75. The lowest BCUT2D eigenvalue weighted by Crippen LogP contribution is -2.34. The number of hydrogen-bond acceptors (Lipinski definition) is 6. The number of piperidine rings is 1. The molecule has 7 heteroatoms. The molecule has 2 heterocycles. The van der Waals surface area contributed by atoms with Crippen molar-refractivity contribution in [3.05, 3.63) is 60.6 Å². The van der Waals surface area contributed by atoms with Crippen molar-refractivity contribution in [2.75, 3.05) is 24.2 Å². The van der Waals surface area contributed by atoms with Crippen molar-refractivity contribution >= 4 is 37.9 Å². The normalized spacial score (nSPS) is 16.1. The summed E-state index contributed by atoms with van der Waals surface area (Å²) in [6.07, 6.45) is 10.5. The Hall–Kier alpha value is -2.40. The van der Waals surface area contributed by atoms with E-state index < -0.39 is 8.38 Å². The highest BCUT2D eigenvalue weighted by Crippen LogP contribution is 2.32. The number of hydrogen-bond donors (Lipinski definition) is 2. The Morgan fingerprint density at radius 2 is 2.00 bits per heavy atom. The van der Waals surface area contributed by atoms with E-state index in [4.69, 9.17) is 4.98 Å². The van der Waals surface area contributed by atoms with Gasteiger partial charge in [-0.3, -0.25) is 4.99 Å². The molecule has 1 aromatic carbocycles. The third-order valence-corrected chi connectivity index (χ3v) is 5.81. The molecular formula is C22H27N4O2P. The molecule has 0 aliphatic carbocycles. The van der Waals surface area contributed by atoms with Gasteiger partial charge in [0.25, 0.3) is 0 Å². The Bertz CT molecular complexity index is 918. The summed E-state index contributed by atoms with van der Waals surface area (Å²) in [6, 6.07) is 8.06. The van der Waals surface area contributed by atoms with Gasteiger partial charge in [0.05, 0.1) is 5.52 Å². The van der Waals surface area contributed by atoms with Gasteiger partial charge in [-0.05, 0) is 61.8 Å². The number of anilines is 1. The second-order valence-electron chi connectivity index (χ2n) is 7.09. The van der Waals surface area contributed by atoms with Crippen molar-refractivity contribution in [3.8, 4) is 0 Å². The number of benzene rings is 1. The minimum atomic E-state index is -1.79. The highest BCUT2D eigenvalue weighted by atomic mass is 31.2. The van der Waals surface area contributed by atoms with E-state index in [1.807, 2.05) is 30.4 Å². The molecule has 1 saturated heterocycles. The topological polar surface area (TPSA) is 81.8 Å². The molecule has 1 fully saturated rings. The zero-order valence-electron chi connectivity index (χ0n) is 16.5. The third kappa shape index (κ3) is 5.80. The van der Waals surface area contributed by atoms with Crippen molar-refractivity contribution in [2.24, 2.45) is 10.9 Å². The molecule has 0 saturated carbocycles. The van der Waals surface area contributed by atoms with Crippen LogP contribution in [0.5, 0.6) is 0 Å². The number of allylic oxidation sites excluding steroid dienone is 3. The fourth-order valence-corrected chi connectivity index (χ4v) is 4.16. The molecular weight excluding hydrogens is 383 g/mol. The van der Waals surface area contributed by atoms with E-state index >= 15 is 0 Å². The van der Waals surface area contributed by atoms with E-state index in [0.717, 1.165) is 54.6 Å². The molecule has 3 rings (SSSR count). The van der Waals surface area contributed by atoms with Crippen LogP contribution in [0, 0.1) is 5.92 Å². The molecule has 0 spiro atoms. The van der Waals surface area contributed by atoms with Crippen LogP contribution in [0.2, 0.25) is 0 Å². The van der Waals surface area contributed by atoms with Crippen molar-refractivity contribution in [3.63, 3.8) is 0 Å². The van der Waals surface area contributed by atoms with E-state index in [0.29, 0.717) is 17.9 Å². The van der Waals surface area contributed by atoms with Gasteiger partial charge in [0, 0.05) is 30.8 Å². The molecule has 0 unspecified atom stereocenters. The van der Waals surface area contributed by atoms with E-state index in [1.54, 1.807) is 12.3 Å². The summed E-state index contributed by atoms with van der Waals surface area (Å²) in [4.78, 5) is 33.9. The zero-order valence-corrected chi connectivity index (χ0v) is 17.4. The van der Waals surface area contributed by atoms with Gasteiger partial charge in [0.2, 0.25) is 0 Å². The van der Waals surface area contributed by atoms with Gasteiger partial charge in [-0.1, -0.05) is 24.8 Å². The predicted octanol–water partition coefficient (Wildman–Crippen LogP) is 4.32. The summed E-state index contributed by atoms with van der Waals surface area (Å²) < 4.78 is 0. The van der Waals surface area contributed by atoms with Gasteiger partial charge in [-0.25, -0.2) is 9.97 Å². The van der Waals surface area contributed by atoms with Crippen LogP contribution in [0.15, 0.2) is 59.8 Å². The van der Waals surface area contributed by atoms with Gasteiger partial charge < -0.3 is 14.7 Å². The summed E-state index contributed by atoms with van der Waals surface area (Å²) in [6.45, 7) is 9.06. The molecule has 1 aliphatic heterocycles. The van der Waals surface area contributed by atoms with Crippen LogP contribution >= 0.6 is 8.38 Å². The molecule has 0 bridgehead atoms. The fourth-order valence-electron chi connectivity index (χ4n) is 3.56. The minimum Gasteiger partial charge on any atom is -0.356 e. The zero-order chi connectivity index (χ0) is 20.6. The van der Waals surface area contributed by atoms with Gasteiger partial charge in [-0.15, -0.1) is 0 Å². The van der Waals surface area contributed by atoms with E-state index in [-0.39, 0.29) is 0 Å². The lowest BCUT2D eigenvalue weighted by molar-refractivity contribution is 0.386. The lowest BCUT2D eigenvalue weighted by atomic mass is 9.94. The van der Waals surface area contributed by atoms with E-state index in [1.165, 1.54) is 0 Å². The lowest BCUT2D eigenvalue weighted by Gasteiger charge is -2.33. The number of nitrogens with zero attached hydrogens (tertiary/aromatic N) is 4. The maximum absolute atomic E-state index is 9.17. The van der Waals surface area contributed by atoms with E-state index in [2.05, 4.69) is 34.2 Å². The Kier molecular flexibility index (Phi) is 7.64. The molecule has 2 aromatic rings. The van der Waals surface area contributed by atoms with Crippen LogP contribution in [0.3, 0.4) is 0 Å². The summed E-state index contributed by atoms with van der Waals surface area (Å²) in [5.41, 5.74) is 1.75. The van der Waals surface area contributed by atoms with Gasteiger partial charge in [0.1, 0.15) is 5.82 Å². The molecule has 1 aliphatic rings. The van der Waals surface area contributed by atoms with Crippen LogP contribution in [-0.4, -0.2) is 45.7 Å². The molecule has 0 amide bonds. The van der Waals surface area contributed by atoms with E-state index in [9.17, 15) is 9.79 Å². The number of aliphatic imine (C=N–C) groups is 1. The molecule has 2 N–H and O–H groups in total. The standard InChI is InChI=1S/C22H27N4O2P/c1-3-17(16-23-2)8-9-21-24-20-7-5-4-6-19(20)22(25-21)26-13-10-18(11-14-26)12-15-29(27)28/h3-9,16,18,27-28H,1-2,10-15H2/b9-8+,17-16+. The Morgan fingerprint density at radius 1 is 1.24 bits per heavy atom. The van der Waals surface area contributed by atoms with Gasteiger partial charge in [0.15, 0.2) is 14.2 Å². The monoisotopic (exact) mass is 410 g/mol. The quantitative estimate of drug-likeness (QED) is 0.385. The summed E-state index contributed by atoms with van der Waals surface area (Å²) in [5, 5.41) is 1.05. The number of rotatable bonds is 8. The first-order chi connectivity index (χ1) is 14.1. The first kappa shape index (κ1) is 21.3. The molecule has 1 aromatic heterocycles. The maximum Gasteiger partial charge on any atom is 0.164 e. The minimum absolute atomic E-state index is 0.504. The SMILES string of the molecule is C=CC(/C=C/c1nc(N2CCC(CCP(O)O)CC2)c2ccccc2n1)=C\N=C. The van der Waals surface area contributed by atoms with Crippen molar-refractivity contribution in [1.82, 2.24) is 9.97 Å². The highest BCUT2D eigenvalue weighted by molar-refractivity contribution is 7.45. The van der Waals surface area contributed by atoms with Crippen molar-refractivity contribution in [2.45, 2.75) is 19.3 Å². The smallest absolute Gasteiger partial charge is 0.164 e. The van der Waals surface area contributed by atoms with Crippen LogP contribution in [0.25, 0.3) is 17.0 Å². The Morgan fingerprint density at radius 3 is 2.69 bits per heavy atom. The fraction of sp³-hybridized carbons (Fsp3) is 0.318. The summed E-state index contributed by atoms with van der Waals surface area (Å²) in [5.74, 6) is 2.13. The van der Waals surface area contributed by atoms with Crippen LogP contribution < -0.4 is 4.90 Å². The molecule has 6 nitrogen and oxygen atoms in total. The van der Waals surface area contributed by atoms with Crippen molar-refractivity contribution < 1.29 is 9.79 Å². The average molecular weight is 410 g/mol. The number of fused-ring (bicyclic) bond motifs is 1. The third-order valence-electron chi connectivity index (χ3n) is 5.15. The summed E-state index contributed by atoms with van der Waals surface area (Å²) >= 11 is 0.